The number of alkyl halides is 3. The Balaban J connectivity index is 1.38. The predicted molar refractivity (Wildman–Crippen MR) is 130 cm³/mol. The molecule has 1 aliphatic rings. The second-order valence-corrected chi connectivity index (χ2v) is 8.53. The van der Waals surface area contributed by atoms with Gasteiger partial charge in [-0.25, -0.2) is 4.68 Å². The molecule has 37 heavy (non-hydrogen) atoms. The molecule has 1 amide bonds. The average molecular weight is 514 g/mol. The molecule has 1 saturated heterocycles. The van der Waals surface area contributed by atoms with Crippen LogP contribution in [0.2, 0.25) is 0 Å². The molecular formula is C26H26F3N5O3. The minimum atomic E-state index is -4.44. The van der Waals surface area contributed by atoms with Crippen molar-refractivity contribution >= 4 is 11.6 Å². The summed E-state index contributed by atoms with van der Waals surface area (Å²) in [6.07, 6.45) is -2.28. The van der Waals surface area contributed by atoms with Crippen LogP contribution in [-0.4, -0.2) is 60.0 Å². The van der Waals surface area contributed by atoms with E-state index in [4.69, 9.17) is 9.47 Å². The molecule has 0 aliphatic carbocycles. The number of nitrogens with one attached hydrogen (secondary N) is 1. The number of carbonyl (C=O) groups excluding carboxylic acids is 1. The smallest absolute Gasteiger partial charge is 0.416 e. The van der Waals surface area contributed by atoms with Crippen LogP contribution in [0, 0.1) is 18.3 Å². The molecule has 1 aliphatic heterocycles. The molecule has 11 heteroatoms. The van der Waals surface area contributed by atoms with Crippen molar-refractivity contribution < 1.29 is 27.4 Å². The van der Waals surface area contributed by atoms with Gasteiger partial charge in [0.2, 0.25) is 0 Å². The Morgan fingerprint density at radius 2 is 1.92 bits per heavy atom. The normalized spacial score (nSPS) is 14.2. The first-order valence-electron chi connectivity index (χ1n) is 11.8. The topological polar surface area (TPSA) is 92.4 Å². The van der Waals surface area contributed by atoms with Crippen LogP contribution in [0.1, 0.15) is 33.6 Å². The van der Waals surface area contributed by atoms with E-state index in [1.54, 1.807) is 19.1 Å². The van der Waals surface area contributed by atoms with Gasteiger partial charge in [0.1, 0.15) is 11.8 Å². The highest BCUT2D eigenvalue weighted by Crippen LogP contribution is 2.30. The van der Waals surface area contributed by atoms with E-state index in [0.29, 0.717) is 35.0 Å². The summed E-state index contributed by atoms with van der Waals surface area (Å²) in [4.78, 5) is 15.2. The third-order valence-corrected chi connectivity index (χ3v) is 6.03. The van der Waals surface area contributed by atoms with E-state index in [2.05, 4.69) is 21.4 Å². The van der Waals surface area contributed by atoms with Gasteiger partial charge < -0.3 is 14.8 Å². The van der Waals surface area contributed by atoms with Gasteiger partial charge in [0.15, 0.2) is 0 Å². The van der Waals surface area contributed by atoms with E-state index >= 15 is 0 Å². The van der Waals surface area contributed by atoms with Crippen LogP contribution < -0.4 is 10.1 Å². The van der Waals surface area contributed by atoms with Gasteiger partial charge in [-0.05, 0) is 55.8 Å². The first-order chi connectivity index (χ1) is 17.8. The molecule has 4 rings (SSSR count). The zero-order valence-corrected chi connectivity index (χ0v) is 20.2. The van der Waals surface area contributed by atoms with Gasteiger partial charge in [-0.2, -0.15) is 23.5 Å². The number of amides is 1. The molecule has 1 fully saturated rings. The molecule has 2 aromatic carbocycles. The number of nitrogens with zero attached hydrogens (tertiary/aromatic N) is 4. The van der Waals surface area contributed by atoms with Crippen molar-refractivity contribution in [2.45, 2.75) is 19.5 Å². The largest absolute Gasteiger partial charge is 0.492 e. The van der Waals surface area contributed by atoms with Gasteiger partial charge in [0.25, 0.3) is 5.91 Å². The monoisotopic (exact) mass is 513 g/mol. The summed E-state index contributed by atoms with van der Waals surface area (Å²) in [5, 5.41) is 16.4. The summed E-state index contributed by atoms with van der Waals surface area (Å²) >= 11 is 0. The van der Waals surface area contributed by atoms with Gasteiger partial charge in [0.05, 0.1) is 54.1 Å². The number of rotatable bonds is 8. The first-order valence-corrected chi connectivity index (χ1v) is 11.8. The minimum absolute atomic E-state index is 0.252. The SMILES string of the molecule is Cc1c(C(=O)Nc2ccc(OCCCN3CCOCC3)c(C#N)c2)cnn1-c1ccc(C(F)(F)F)cc1. The van der Waals surface area contributed by atoms with E-state index in [0.717, 1.165) is 51.4 Å². The molecular weight excluding hydrogens is 487 g/mol. The van der Waals surface area contributed by atoms with Crippen LogP contribution in [0.3, 0.4) is 0 Å². The second kappa shape index (κ2) is 11.5. The Morgan fingerprint density at radius 3 is 2.59 bits per heavy atom. The highest BCUT2D eigenvalue weighted by Gasteiger charge is 2.30. The molecule has 0 bridgehead atoms. The van der Waals surface area contributed by atoms with Gasteiger partial charge in [-0.1, -0.05) is 0 Å². The van der Waals surface area contributed by atoms with Crippen LogP contribution in [0.4, 0.5) is 18.9 Å². The lowest BCUT2D eigenvalue weighted by Gasteiger charge is -2.26. The Hall–Kier alpha value is -3.88. The van der Waals surface area contributed by atoms with Crippen LogP contribution in [0.15, 0.2) is 48.7 Å². The number of benzene rings is 2. The zero-order valence-electron chi connectivity index (χ0n) is 20.2. The second-order valence-electron chi connectivity index (χ2n) is 8.53. The van der Waals surface area contributed by atoms with Gasteiger partial charge >= 0.3 is 6.18 Å². The van der Waals surface area contributed by atoms with Crippen LogP contribution in [-0.2, 0) is 10.9 Å². The third kappa shape index (κ3) is 6.47. The van der Waals surface area contributed by atoms with E-state index in [9.17, 15) is 23.2 Å². The molecule has 0 unspecified atom stereocenters. The fourth-order valence-corrected chi connectivity index (χ4v) is 4.00. The molecule has 0 atom stereocenters. The number of morpholine rings is 1. The number of halogens is 3. The van der Waals surface area contributed by atoms with Gasteiger partial charge in [-0.15, -0.1) is 0 Å². The number of anilines is 1. The molecule has 0 saturated carbocycles. The number of carbonyl (C=O) groups is 1. The van der Waals surface area contributed by atoms with Crippen molar-refractivity contribution in [3.05, 3.63) is 71.0 Å². The Labute approximate surface area is 212 Å². The maximum absolute atomic E-state index is 12.9. The van der Waals surface area contributed by atoms with Crippen LogP contribution in [0.25, 0.3) is 5.69 Å². The quantitative estimate of drug-likeness (QED) is 0.448. The maximum Gasteiger partial charge on any atom is 0.416 e. The maximum atomic E-state index is 12.9. The molecule has 0 radical (unpaired) electrons. The van der Waals surface area contributed by atoms with Crippen LogP contribution >= 0.6 is 0 Å². The lowest BCUT2D eigenvalue weighted by atomic mass is 10.1. The van der Waals surface area contributed by atoms with Crippen molar-refractivity contribution in [1.29, 1.82) is 5.26 Å². The molecule has 194 valence electrons. The Morgan fingerprint density at radius 1 is 1.19 bits per heavy atom. The summed E-state index contributed by atoms with van der Waals surface area (Å²) in [5.74, 6) is -0.0208. The summed E-state index contributed by atoms with van der Waals surface area (Å²) in [5.41, 5.74) is 1.04. The van der Waals surface area contributed by atoms with Gasteiger partial charge in [0, 0.05) is 25.3 Å². The number of hydrogen-bond acceptors (Lipinski definition) is 6. The van der Waals surface area contributed by atoms with E-state index in [1.165, 1.54) is 29.1 Å². The molecule has 2 heterocycles. The highest BCUT2D eigenvalue weighted by atomic mass is 19.4. The first kappa shape index (κ1) is 26.2. The molecule has 1 aromatic heterocycles. The van der Waals surface area contributed by atoms with Crippen molar-refractivity contribution in [3.8, 4) is 17.5 Å². The molecule has 0 spiro atoms. The Bertz CT molecular complexity index is 1280. The van der Waals surface area contributed by atoms with Crippen molar-refractivity contribution in [1.82, 2.24) is 14.7 Å². The van der Waals surface area contributed by atoms with Gasteiger partial charge in [-0.3, -0.25) is 9.69 Å². The standard InChI is InChI=1S/C26H26F3N5O3/c1-18-23(17-31-34(18)22-6-3-20(4-7-22)26(27,28)29)25(35)32-21-5-8-24(19(15-21)16-30)37-12-2-9-33-10-13-36-14-11-33/h3-8,15,17H,2,9-14H2,1H3,(H,32,35). The van der Waals surface area contributed by atoms with Crippen LogP contribution in [0.5, 0.6) is 5.75 Å². The predicted octanol–water partition coefficient (Wildman–Crippen LogP) is 4.42. The fraction of sp³-hybridized carbons (Fsp3) is 0.346. The highest BCUT2D eigenvalue weighted by molar-refractivity contribution is 6.05. The van der Waals surface area contributed by atoms with Crippen molar-refractivity contribution in [2.24, 2.45) is 0 Å². The summed E-state index contributed by atoms with van der Waals surface area (Å²) < 4.78 is 51.0. The van der Waals surface area contributed by atoms with Crippen molar-refractivity contribution in [3.63, 3.8) is 0 Å². The van der Waals surface area contributed by atoms with E-state index < -0.39 is 17.6 Å². The minimum Gasteiger partial charge on any atom is -0.492 e. The summed E-state index contributed by atoms with van der Waals surface area (Å²) in [6, 6.07) is 11.4. The number of ether oxygens (including phenoxy) is 2. The molecule has 3 aromatic rings. The number of nitriles is 1. The number of hydrogen-bond donors (Lipinski definition) is 1. The summed E-state index contributed by atoms with van der Waals surface area (Å²) in [6.45, 7) is 6.28. The summed E-state index contributed by atoms with van der Waals surface area (Å²) in [7, 11) is 0. The fourth-order valence-electron chi connectivity index (χ4n) is 4.00. The number of aromatic nitrogens is 2. The lowest BCUT2D eigenvalue weighted by Crippen LogP contribution is -2.37. The zero-order chi connectivity index (χ0) is 26.4. The molecule has 8 nitrogen and oxygen atoms in total. The lowest BCUT2D eigenvalue weighted by molar-refractivity contribution is -0.137. The Kier molecular flexibility index (Phi) is 8.11. The van der Waals surface area contributed by atoms with E-state index in [1.807, 2.05) is 0 Å². The average Bonchev–Trinajstić information content (AvgIpc) is 3.28. The van der Waals surface area contributed by atoms with Crippen molar-refractivity contribution in [2.75, 3.05) is 44.8 Å². The molecule has 1 N–H and O–H groups in total. The third-order valence-electron chi connectivity index (χ3n) is 6.03. The van der Waals surface area contributed by atoms with E-state index in [-0.39, 0.29) is 5.56 Å².